The molecule has 2 atom stereocenters. The quantitative estimate of drug-likeness (QED) is 0.746. The summed E-state index contributed by atoms with van der Waals surface area (Å²) in [4.78, 5) is 0. The molecular weight excluding hydrogens is 228 g/mol. The highest BCUT2D eigenvalue weighted by molar-refractivity contribution is 5.13. The molecule has 1 aromatic rings. The highest BCUT2D eigenvalue weighted by Crippen LogP contribution is 2.20. The second-order valence-electron chi connectivity index (χ2n) is 5.28. The molecule has 0 spiro atoms. The fourth-order valence-electron chi connectivity index (χ4n) is 2.10. The van der Waals surface area contributed by atoms with Crippen LogP contribution in [0.4, 0.5) is 0 Å². The van der Waals surface area contributed by atoms with Crippen molar-refractivity contribution in [2.75, 3.05) is 13.2 Å². The Morgan fingerprint density at radius 1 is 1.28 bits per heavy atom. The van der Waals surface area contributed by atoms with E-state index in [0.29, 0.717) is 26.1 Å². The van der Waals surface area contributed by atoms with Gasteiger partial charge in [0.15, 0.2) is 0 Å². The van der Waals surface area contributed by atoms with Crippen molar-refractivity contribution in [2.24, 2.45) is 5.92 Å². The average Bonchev–Trinajstić information content (AvgIpc) is 2.29. The molecule has 0 heterocycles. The van der Waals surface area contributed by atoms with E-state index in [9.17, 15) is 5.11 Å². The van der Waals surface area contributed by atoms with Crippen LogP contribution < -0.4 is 0 Å². The minimum atomic E-state index is -0.801. The zero-order valence-electron chi connectivity index (χ0n) is 11.3. The zero-order valence-corrected chi connectivity index (χ0v) is 11.3. The Labute approximate surface area is 109 Å². The van der Waals surface area contributed by atoms with Gasteiger partial charge in [0.2, 0.25) is 0 Å². The summed E-state index contributed by atoms with van der Waals surface area (Å²) in [6.45, 7) is 5.06. The first-order valence-electron chi connectivity index (χ1n) is 6.48. The van der Waals surface area contributed by atoms with E-state index in [-0.39, 0.29) is 12.5 Å². The van der Waals surface area contributed by atoms with Gasteiger partial charge in [-0.3, -0.25) is 0 Å². The van der Waals surface area contributed by atoms with Crippen molar-refractivity contribution in [3.8, 4) is 0 Å². The number of rotatable bonds is 8. The summed E-state index contributed by atoms with van der Waals surface area (Å²) >= 11 is 0. The van der Waals surface area contributed by atoms with Crippen LogP contribution in [0.25, 0.3) is 0 Å². The van der Waals surface area contributed by atoms with Gasteiger partial charge in [0.05, 0.1) is 12.2 Å². The van der Waals surface area contributed by atoms with E-state index in [1.165, 1.54) is 0 Å². The Bertz CT molecular complexity index is 322. The summed E-state index contributed by atoms with van der Waals surface area (Å²) in [5, 5.41) is 18.8. The lowest BCUT2D eigenvalue weighted by atomic mass is 9.91. The van der Waals surface area contributed by atoms with Crippen LogP contribution in [0.15, 0.2) is 30.3 Å². The Morgan fingerprint density at radius 2 is 1.94 bits per heavy atom. The summed E-state index contributed by atoms with van der Waals surface area (Å²) in [5.41, 5.74) is 0.358. The fourth-order valence-corrected chi connectivity index (χ4v) is 2.10. The first-order chi connectivity index (χ1) is 8.53. The summed E-state index contributed by atoms with van der Waals surface area (Å²) < 4.78 is 5.63. The van der Waals surface area contributed by atoms with E-state index >= 15 is 0 Å². The Kier molecular flexibility index (Phi) is 6.33. The second-order valence-corrected chi connectivity index (χ2v) is 5.28. The largest absolute Gasteiger partial charge is 0.396 e. The maximum absolute atomic E-state index is 9.99. The Morgan fingerprint density at radius 3 is 2.56 bits per heavy atom. The molecule has 0 aliphatic carbocycles. The van der Waals surface area contributed by atoms with Crippen molar-refractivity contribution in [2.45, 2.75) is 38.9 Å². The number of aliphatic hydroxyl groups is 2. The lowest BCUT2D eigenvalue weighted by Gasteiger charge is -2.25. The molecule has 0 unspecified atom stereocenters. The molecule has 1 rings (SSSR count). The molecular formula is C15H24O3. The minimum Gasteiger partial charge on any atom is -0.396 e. The standard InChI is InChI=1S/C15H24O3/c1-13(10-15(2,17)8-9-16)11-18-12-14-6-4-3-5-7-14/h3-7,13,16-17H,8-12H2,1-2H3/t13-,15-/m0/s1. The van der Waals surface area contributed by atoms with Gasteiger partial charge < -0.3 is 14.9 Å². The third-order valence-corrected chi connectivity index (χ3v) is 2.95. The van der Waals surface area contributed by atoms with Crippen molar-refractivity contribution in [3.63, 3.8) is 0 Å². The molecule has 3 heteroatoms. The lowest BCUT2D eigenvalue weighted by molar-refractivity contribution is -0.00525. The fraction of sp³-hybridized carbons (Fsp3) is 0.600. The van der Waals surface area contributed by atoms with Crippen molar-refractivity contribution in [3.05, 3.63) is 35.9 Å². The number of benzene rings is 1. The zero-order chi connectivity index (χ0) is 13.4. The predicted octanol–water partition coefficient (Wildman–Crippen LogP) is 2.36. The van der Waals surface area contributed by atoms with Crippen molar-refractivity contribution < 1.29 is 14.9 Å². The molecule has 3 nitrogen and oxygen atoms in total. The minimum absolute atomic E-state index is 0.0184. The van der Waals surface area contributed by atoms with Crippen molar-refractivity contribution in [1.29, 1.82) is 0 Å². The van der Waals surface area contributed by atoms with Crippen molar-refractivity contribution in [1.82, 2.24) is 0 Å². The predicted molar refractivity (Wildman–Crippen MR) is 72.2 cm³/mol. The van der Waals surface area contributed by atoms with Gasteiger partial charge in [0, 0.05) is 13.2 Å². The molecule has 0 fully saturated rings. The highest BCUT2D eigenvalue weighted by atomic mass is 16.5. The molecule has 0 saturated heterocycles. The van der Waals surface area contributed by atoms with Gasteiger partial charge in [0.25, 0.3) is 0 Å². The van der Waals surface area contributed by atoms with E-state index in [0.717, 1.165) is 5.56 Å². The molecule has 0 aromatic heterocycles. The normalized spacial score (nSPS) is 16.2. The third-order valence-electron chi connectivity index (χ3n) is 2.95. The summed E-state index contributed by atoms with van der Waals surface area (Å²) in [7, 11) is 0. The first kappa shape index (κ1) is 15.2. The van der Waals surface area contributed by atoms with Crippen LogP contribution in [-0.4, -0.2) is 29.0 Å². The Hall–Kier alpha value is -0.900. The number of ether oxygens (including phenoxy) is 1. The van der Waals surface area contributed by atoms with E-state index in [1.54, 1.807) is 6.92 Å². The molecule has 0 aliphatic rings. The van der Waals surface area contributed by atoms with Gasteiger partial charge in [-0.2, -0.15) is 0 Å². The van der Waals surface area contributed by atoms with Gasteiger partial charge >= 0.3 is 0 Å². The topological polar surface area (TPSA) is 49.7 Å². The summed E-state index contributed by atoms with van der Waals surface area (Å²) in [6, 6.07) is 10.0. The number of hydrogen-bond acceptors (Lipinski definition) is 3. The number of aliphatic hydroxyl groups excluding tert-OH is 1. The van der Waals surface area contributed by atoms with E-state index in [2.05, 4.69) is 6.92 Å². The molecule has 0 aliphatic heterocycles. The molecule has 0 saturated carbocycles. The molecule has 0 bridgehead atoms. The highest BCUT2D eigenvalue weighted by Gasteiger charge is 2.22. The van der Waals surface area contributed by atoms with Gasteiger partial charge in [0.1, 0.15) is 0 Å². The molecule has 0 amide bonds. The molecule has 18 heavy (non-hydrogen) atoms. The molecule has 1 aromatic carbocycles. The third kappa shape index (κ3) is 6.15. The van der Waals surface area contributed by atoms with E-state index in [4.69, 9.17) is 9.84 Å². The van der Waals surface area contributed by atoms with Gasteiger partial charge in [-0.15, -0.1) is 0 Å². The average molecular weight is 252 g/mol. The van der Waals surface area contributed by atoms with Crippen LogP contribution in [0, 0.1) is 5.92 Å². The van der Waals surface area contributed by atoms with Crippen LogP contribution in [-0.2, 0) is 11.3 Å². The molecule has 102 valence electrons. The maximum Gasteiger partial charge on any atom is 0.0717 e. The van der Waals surface area contributed by atoms with E-state index < -0.39 is 5.60 Å². The summed E-state index contributed by atoms with van der Waals surface area (Å²) in [6.07, 6.45) is 1.05. The van der Waals surface area contributed by atoms with Gasteiger partial charge in [-0.05, 0) is 31.2 Å². The van der Waals surface area contributed by atoms with Crippen molar-refractivity contribution >= 4 is 0 Å². The van der Waals surface area contributed by atoms with Crippen LogP contribution in [0.1, 0.15) is 32.3 Å². The monoisotopic (exact) mass is 252 g/mol. The number of hydrogen-bond donors (Lipinski definition) is 2. The van der Waals surface area contributed by atoms with E-state index in [1.807, 2.05) is 30.3 Å². The van der Waals surface area contributed by atoms with Crippen LogP contribution >= 0.6 is 0 Å². The van der Waals surface area contributed by atoms with Gasteiger partial charge in [-0.25, -0.2) is 0 Å². The Balaban J connectivity index is 2.23. The van der Waals surface area contributed by atoms with Crippen LogP contribution in [0.5, 0.6) is 0 Å². The molecule has 2 N–H and O–H groups in total. The maximum atomic E-state index is 9.99. The van der Waals surface area contributed by atoms with Crippen LogP contribution in [0.3, 0.4) is 0 Å². The smallest absolute Gasteiger partial charge is 0.0717 e. The first-order valence-corrected chi connectivity index (χ1v) is 6.48. The lowest BCUT2D eigenvalue weighted by Crippen LogP contribution is -2.29. The summed E-state index contributed by atoms with van der Waals surface area (Å²) in [5.74, 6) is 0.273. The second kappa shape index (κ2) is 7.52. The van der Waals surface area contributed by atoms with Gasteiger partial charge in [-0.1, -0.05) is 37.3 Å². The SMILES string of the molecule is C[C@H](COCc1ccccc1)C[C@@](C)(O)CCO. The molecule has 0 radical (unpaired) electrons. The van der Waals surface area contributed by atoms with Crippen LogP contribution in [0.2, 0.25) is 0 Å².